The van der Waals surface area contributed by atoms with Gasteiger partial charge in [-0.2, -0.15) is 0 Å². The molecular formula is C31H38ClN3O3. The molecule has 0 unspecified atom stereocenters. The molecule has 3 atom stereocenters. The lowest BCUT2D eigenvalue weighted by Gasteiger charge is -2.28. The van der Waals surface area contributed by atoms with Crippen LogP contribution in [0.3, 0.4) is 0 Å². The summed E-state index contributed by atoms with van der Waals surface area (Å²) >= 11 is 6.07. The molecule has 2 aromatic rings. The van der Waals surface area contributed by atoms with Crippen LogP contribution < -0.4 is 16.0 Å². The van der Waals surface area contributed by atoms with Gasteiger partial charge in [0.05, 0.1) is 0 Å². The summed E-state index contributed by atoms with van der Waals surface area (Å²) in [5, 5.41) is 9.74. The number of benzene rings is 2. The topological polar surface area (TPSA) is 87.3 Å². The molecule has 2 aromatic carbocycles. The molecule has 0 bridgehead atoms. The standard InChI is InChI=1S/C31H38ClN3O3/c32-26-14-11-24(12-15-26)19-27(21-25-17-18-33-30(25)37)34-31(38)28(20-23-9-5-2-6-10-23)35-29(36)16-13-22-7-3-1-4-8-22/h1,3-4,7-8,11-16,23,25,27-28H,2,5-6,9-10,17-21H2,(H,33,37)(H,34,38)(H,35,36)/t25-,27+,28-/m0/s1. The molecule has 6 nitrogen and oxygen atoms in total. The first kappa shape index (κ1) is 27.9. The maximum Gasteiger partial charge on any atom is 0.244 e. The van der Waals surface area contributed by atoms with Crippen LogP contribution in [0.5, 0.6) is 0 Å². The quantitative estimate of drug-likeness (QED) is 0.351. The molecule has 2 aliphatic rings. The highest BCUT2D eigenvalue weighted by Crippen LogP contribution is 2.28. The molecule has 7 heteroatoms. The van der Waals surface area contributed by atoms with E-state index >= 15 is 0 Å². The van der Waals surface area contributed by atoms with Gasteiger partial charge in [0.2, 0.25) is 17.7 Å². The SMILES string of the molecule is O=C(C=Cc1ccccc1)N[C@@H](CC1CCCCC1)C(=O)N[C@H](Cc1ccc(Cl)cc1)C[C@@H]1CCNC1=O. The number of rotatable bonds is 11. The van der Waals surface area contributed by atoms with E-state index in [4.69, 9.17) is 11.6 Å². The molecule has 1 heterocycles. The highest BCUT2D eigenvalue weighted by molar-refractivity contribution is 6.30. The molecule has 38 heavy (non-hydrogen) atoms. The minimum absolute atomic E-state index is 0.0402. The number of carbonyl (C=O) groups excluding carboxylic acids is 3. The van der Waals surface area contributed by atoms with Crippen molar-refractivity contribution in [2.45, 2.75) is 69.9 Å². The van der Waals surface area contributed by atoms with Gasteiger partial charge in [0, 0.05) is 29.6 Å². The second-order valence-corrected chi connectivity index (χ2v) is 11.0. The maximum absolute atomic E-state index is 13.7. The summed E-state index contributed by atoms with van der Waals surface area (Å²) in [6, 6.07) is 16.3. The second kappa shape index (κ2) is 14.1. The highest BCUT2D eigenvalue weighted by Gasteiger charge is 2.31. The van der Waals surface area contributed by atoms with Gasteiger partial charge >= 0.3 is 0 Å². The lowest BCUT2D eigenvalue weighted by atomic mass is 9.84. The number of carbonyl (C=O) groups is 3. The van der Waals surface area contributed by atoms with E-state index in [-0.39, 0.29) is 29.7 Å². The summed E-state index contributed by atoms with van der Waals surface area (Å²) in [5.74, 6) is -0.150. The van der Waals surface area contributed by atoms with Crippen molar-refractivity contribution >= 4 is 35.4 Å². The molecule has 202 valence electrons. The van der Waals surface area contributed by atoms with Gasteiger partial charge in [-0.3, -0.25) is 14.4 Å². The average Bonchev–Trinajstić information content (AvgIpc) is 3.33. The molecule has 0 radical (unpaired) electrons. The Hall–Kier alpha value is -3.12. The normalized spacial score (nSPS) is 19.6. The maximum atomic E-state index is 13.7. The Morgan fingerprint density at radius 1 is 0.947 bits per heavy atom. The van der Waals surface area contributed by atoms with Crippen LogP contribution in [0.1, 0.15) is 62.5 Å². The van der Waals surface area contributed by atoms with E-state index < -0.39 is 6.04 Å². The van der Waals surface area contributed by atoms with Crippen LogP contribution in [0, 0.1) is 11.8 Å². The zero-order valence-corrected chi connectivity index (χ0v) is 22.6. The molecule has 4 rings (SSSR count). The van der Waals surface area contributed by atoms with Crippen molar-refractivity contribution in [2.24, 2.45) is 11.8 Å². The summed E-state index contributed by atoms with van der Waals surface area (Å²) in [6.45, 7) is 0.666. The van der Waals surface area contributed by atoms with Crippen molar-refractivity contribution < 1.29 is 14.4 Å². The van der Waals surface area contributed by atoms with Crippen LogP contribution in [-0.2, 0) is 20.8 Å². The monoisotopic (exact) mass is 535 g/mol. The first-order valence-corrected chi connectivity index (χ1v) is 14.2. The van der Waals surface area contributed by atoms with Gasteiger partial charge in [-0.25, -0.2) is 0 Å². The van der Waals surface area contributed by atoms with Crippen LogP contribution in [0.2, 0.25) is 5.02 Å². The molecule has 0 spiro atoms. The van der Waals surface area contributed by atoms with Crippen molar-refractivity contribution in [3.05, 3.63) is 76.8 Å². The molecule has 3 amide bonds. The summed E-state index contributed by atoms with van der Waals surface area (Å²) in [7, 11) is 0. The molecule has 1 saturated heterocycles. The minimum atomic E-state index is -0.629. The number of hydrogen-bond donors (Lipinski definition) is 3. The van der Waals surface area contributed by atoms with Crippen molar-refractivity contribution in [3.8, 4) is 0 Å². The van der Waals surface area contributed by atoms with Crippen molar-refractivity contribution in [3.63, 3.8) is 0 Å². The Labute approximate surface area is 230 Å². The van der Waals surface area contributed by atoms with Gasteiger partial charge in [0.15, 0.2) is 0 Å². The van der Waals surface area contributed by atoms with Crippen molar-refractivity contribution in [1.29, 1.82) is 0 Å². The van der Waals surface area contributed by atoms with E-state index in [2.05, 4.69) is 16.0 Å². The van der Waals surface area contributed by atoms with Gasteiger partial charge in [-0.15, -0.1) is 0 Å². The number of amides is 3. The zero-order chi connectivity index (χ0) is 26.7. The lowest BCUT2D eigenvalue weighted by molar-refractivity contribution is -0.128. The summed E-state index contributed by atoms with van der Waals surface area (Å²) in [6.07, 6.45) is 11.5. The van der Waals surface area contributed by atoms with Crippen LogP contribution in [0.25, 0.3) is 6.08 Å². The first-order valence-electron chi connectivity index (χ1n) is 13.8. The highest BCUT2D eigenvalue weighted by atomic mass is 35.5. The Bertz CT molecular complexity index is 1100. The van der Waals surface area contributed by atoms with E-state index in [9.17, 15) is 14.4 Å². The summed E-state index contributed by atoms with van der Waals surface area (Å²) in [4.78, 5) is 38.8. The van der Waals surface area contributed by atoms with Crippen LogP contribution in [0.15, 0.2) is 60.7 Å². The minimum Gasteiger partial charge on any atom is -0.356 e. The number of halogens is 1. The van der Waals surface area contributed by atoms with E-state index in [1.54, 1.807) is 6.08 Å². The van der Waals surface area contributed by atoms with Crippen molar-refractivity contribution in [1.82, 2.24) is 16.0 Å². The van der Waals surface area contributed by atoms with Gasteiger partial charge in [0.25, 0.3) is 0 Å². The lowest BCUT2D eigenvalue weighted by Crippen LogP contribution is -2.51. The molecule has 1 aliphatic heterocycles. The third kappa shape index (κ3) is 8.73. The van der Waals surface area contributed by atoms with Gasteiger partial charge in [0.1, 0.15) is 6.04 Å². The van der Waals surface area contributed by atoms with Gasteiger partial charge in [-0.05, 0) is 60.9 Å². The second-order valence-electron chi connectivity index (χ2n) is 10.6. The first-order chi connectivity index (χ1) is 18.5. The van der Waals surface area contributed by atoms with E-state index in [1.807, 2.05) is 54.6 Å². The Morgan fingerprint density at radius 3 is 2.37 bits per heavy atom. The molecule has 0 aromatic heterocycles. The molecule has 3 N–H and O–H groups in total. The van der Waals surface area contributed by atoms with Crippen LogP contribution in [-0.4, -0.2) is 36.3 Å². The molecule has 1 aliphatic carbocycles. The smallest absolute Gasteiger partial charge is 0.244 e. The Balaban J connectivity index is 1.46. The van der Waals surface area contributed by atoms with Crippen molar-refractivity contribution in [2.75, 3.05) is 6.54 Å². The fraction of sp³-hybridized carbons (Fsp3) is 0.452. The van der Waals surface area contributed by atoms with E-state index in [1.165, 1.54) is 12.5 Å². The fourth-order valence-corrected chi connectivity index (χ4v) is 5.68. The predicted molar refractivity (Wildman–Crippen MR) is 151 cm³/mol. The third-order valence-electron chi connectivity index (χ3n) is 7.63. The Morgan fingerprint density at radius 2 is 1.68 bits per heavy atom. The van der Waals surface area contributed by atoms with Crippen LogP contribution in [0.4, 0.5) is 0 Å². The molecular weight excluding hydrogens is 498 g/mol. The Kier molecular flexibility index (Phi) is 10.4. The summed E-state index contributed by atoms with van der Waals surface area (Å²) < 4.78 is 0. The number of nitrogens with one attached hydrogen (secondary N) is 3. The van der Waals surface area contributed by atoms with Crippen LogP contribution >= 0.6 is 11.6 Å². The van der Waals surface area contributed by atoms with E-state index in [0.717, 1.165) is 43.2 Å². The number of hydrogen-bond acceptors (Lipinski definition) is 3. The molecule has 1 saturated carbocycles. The third-order valence-corrected chi connectivity index (χ3v) is 7.88. The van der Waals surface area contributed by atoms with Gasteiger partial charge in [-0.1, -0.05) is 86.2 Å². The predicted octanol–water partition coefficient (Wildman–Crippen LogP) is 5.06. The van der Waals surface area contributed by atoms with E-state index in [0.29, 0.717) is 36.7 Å². The fourth-order valence-electron chi connectivity index (χ4n) is 5.56. The zero-order valence-electron chi connectivity index (χ0n) is 21.8. The largest absolute Gasteiger partial charge is 0.356 e. The average molecular weight is 536 g/mol. The van der Waals surface area contributed by atoms with Gasteiger partial charge < -0.3 is 16.0 Å². The molecule has 2 fully saturated rings. The summed E-state index contributed by atoms with van der Waals surface area (Å²) in [5.41, 5.74) is 1.96.